The third-order valence-corrected chi connectivity index (χ3v) is 2.22. The lowest BCUT2D eigenvalue weighted by atomic mass is 10.0. The molecule has 0 unspecified atom stereocenters. The van der Waals surface area contributed by atoms with E-state index in [1.54, 1.807) is 0 Å². The van der Waals surface area contributed by atoms with E-state index in [0.717, 1.165) is 24.3 Å². The summed E-state index contributed by atoms with van der Waals surface area (Å²) in [7, 11) is 0. The molecule has 0 aromatic heterocycles. The number of rotatable bonds is 4. The quantitative estimate of drug-likeness (QED) is 0.688. The summed E-state index contributed by atoms with van der Waals surface area (Å²) in [6.07, 6.45) is -7.24. The SMILES string of the molecule is Fc1ccc(C(F)(F)CCCC(F)(F)F)cc1. The Morgan fingerprint density at radius 1 is 0.824 bits per heavy atom. The lowest BCUT2D eigenvalue weighted by Gasteiger charge is -2.17. The first-order valence-electron chi connectivity index (χ1n) is 4.91. The predicted molar refractivity (Wildman–Crippen MR) is 50.2 cm³/mol. The van der Waals surface area contributed by atoms with E-state index in [4.69, 9.17) is 0 Å². The molecule has 0 heterocycles. The van der Waals surface area contributed by atoms with Gasteiger partial charge in [0.1, 0.15) is 5.82 Å². The molecule has 0 bridgehead atoms. The first-order valence-corrected chi connectivity index (χ1v) is 4.91. The molecule has 17 heavy (non-hydrogen) atoms. The third-order valence-electron chi connectivity index (χ3n) is 2.22. The smallest absolute Gasteiger partial charge is 0.207 e. The lowest BCUT2D eigenvalue weighted by Crippen LogP contribution is -2.15. The Balaban J connectivity index is 2.59. The maximum absolute atomic E-state index is 13.4. The highest BCUT2D eigenvalue weighted by Gasteiger charge is 2.34. The molecule has 0 amide bonds. The fourth-order valence-electron chi connectivity index (χ4n) is 1.35. The molecule has 0 N–H and O–H groups in total. The molecule has 1 rings (SSSR count). The van der Waals surface area contributed by atoms with Crippen molar-refractivity contribution in [3.63, 3.8) is 0 Å². The average Bonchev–Trinajstić information content (AvgIpc) is 2.15. The number of halogens is 6. The van der Waals surface area contributed by atoms with Crippen LogP contribution in [0.4, 0.5) is 26.3 Å². The largest absolute Gasteiger partial charge is 0.389 e. The van der Waals surface area contributed by atoms with E-state index in [1.165, 1.54) is 0 Å². The molecule has 0 saturated carbocycles. The molecule has 96 valence electrons. The zero-order valence-electron chi connectivity index (χ0n) is 8.70. The van der Waals surface area contributed by atoms with Crippen molar-refractivity contribution in [1.82, 2.24) is 0 Å². The van der Waals surface area contributed by atoms with Gasteiger partial charge < -0.3 is 0 Å². The van der Waals surface area contributed by atoms with E-state index in [-0.39, 0.29) is 0 Å². The first kappa shape index (κ1) is 13.9. The van der Waals surface area contributed by atoms with Crippen LogP contribution in [0.2, 0.25) is 0 Å². The molecule has 0 nitrogen and oxygen atoms in total. The van der Waals surface area contributed by atoms with Crippen molar-refractivity contribution < 1.29 is 26.3 Å². The summed E-state index contributed by atoms with van der Waals surface area (Å²) in [6, 6.07) is 3.46. The Bertz CT molecular complexity index is 351. The van der Waals surface area contributed by atoms with Crippen LogP contribution in [0.3, 0.4) is 0 Å². The monoisotopic (exact) mass is 256 g/mol. The van der Waals surface area contributed by atoms with E-state index in [2.05, 4.69) is 0 Å². The molecule has 0 fully saturated rings. The number of alkyl halides is 5. The fourth-order valence-corrected chi connectivity index (χ4v) is 1.35. The van der Waals surface area contributed by atoms with Crippen molar-refractivity contribution in [2.45, 2.75) is 31.4 Å². The van der Waals surface area contributed by atoms with E-state index in [9.17, 15) is 26.3 Å². The average molecular weight is 256 g/mol. The summed E-state index contributed by atoms with van der Waals surface area (Å²) < 4.78 is 74.6. The summed E-state index contributed by atoms with van der Waals surface area (Å²) in [5.74, 6) is -4.03. The van der Waals surface area contributed by atoms with Crippen LogP contribution in [-0.2, 0) is 5.92 Å². The summed E-state index contributed by atoms with van der Waals surface area (Å²) in [4.78, 5) is 0. The Kier molecular flexibility index (Phi) is 4.06. The molecule has 0 aliphatic heterocycles. The van der Waals surface area contributed by atoms with Crippen LogP contribution in [0.15, 0.2) is 24.3 Å². The van der Waals surface area contributed by atoms with Crippen LogP contribution in [0.5, 0.6) is 0 Å². The van der Waals surface area contributed by atoms with Crippen LogP contribution in [-0.4, -0.2) is 6.18 Å². The van der Waals surface area contributed by atoms with Gasteiger partial charge in [-0.3, -0.25) is 0 Å². The highest BCUT2D eigenvalue weighted by molar-refractivity contribution is 5.20. The highest BCUT2D eigenvalue weighted by atomic mass is 19.4. The van der Waals surface area contributed by atoms with E-state index >= 15 is 0 Å². The molecule has 0 aliphatic rings. The van der Waals surface area contributed by atoms with Gasteiger partial charge in [-0.15, -0.1) is 0 Å². The topological polar surface area (TPSA) is 0 Å². The Labute approximate surface area is 94.2 Å². The van der Waals surface area contributed by atoms with Gasteiger partial charge >= 0.3 is 6.18 Å². The molecule has 6 heteroatoms. The van der Waals surface area contributed by atoms with Gasteiger partial charge in [-0.25, -0.2) is 13.2 Å². The Morgan fingerprint density at radius 3 is 1.82 bits per heavy atom. The minimum absolute atomic E-state index is 0.471. The lowest BCUT2D eigenvalue weighted by molar-refractivity contribution is -0.139. The van der Waals surface area contributed by atoms with Gasteiger partial charge in [0.15, 0.2) is 0 Å². The molecule has 0 saturated heterocycles. The number of hydrogen-bond donors (Lipinski definition) is 0. The normalized spacial score (nSPS) is 12.8. The number of hydrogen-bond acceptors (Lipinski definition) is 0. The predicted octanol–water partition coefficient (Wildman–Crippen LogP) is 4.65. The van der Waals surface area contributed by atoms with Crippen LogP contribution in [0, 0.1) is 5.82 Å². The highest BCUT2D eigenvalue weighted by Crippen LogP contribution is 2.35. The Hall–Kier alpha value is -1.20. The van der Waals surface area contributed by atoms with Crippen molar-refractivity contribution in [2.24, 2.45) is 0 Å². The van der Waals surface area contributed by atoms with Crippen LogP contribution in [0.1, 0.15) is 24.8 Å². The van der Waals surface area contributed by atoms with Crippen molar-refractivity contribution in [3.8, 4) is 0 Å². The third kappa shape index (κ3) is 4.66. The van der Waals surface area contributed by atoms with Gasteiger partial charge in [-0.05, 0) is 18.6 Å². The molecule has 0 aliphatic carbocycles. The van der Waals surface area contributed by atoms with E-state index in [0.29, 0.717) is 0 Å². The van der Waals surface area contributed by atoms with Crippen LogP contribution < -0.4 is 0 Å². The van der Waals surface area contributed by atoms with Crippen molar-refractivity contribution in [3.05, 3.63) is 35.6 Å². The second-order valence-electron chi connectivity index (χ2n) is 3.68. The zero-order chi connectivity index (χ0) is 13.1. The molecular weight excluding hydrogens is 246 g/mol. The fraction of sp³-hybridized carbons (Fsp3) is 0.455. The van der Waals surface area contributed by atoms with E-state index < -0.39 is 42.7 Å². The van der Waals surface area contributed by atoms with Crippen molar-refractivity contribution in [2.75, 3.05) is 0 Å². The molecule has 0 radical (unpaired) electrons. The standard InChI is InChI=1S/C11H10F6/c12-9-4-2-8(3-5-9)10(13,14)6-1-7-11(15,16)17/h2-5H,1,6-7H2. The van der Waals surface area contributed by atoms with Gasteiger partial charge in [0.05, 0.1) is 0 Å². The maximum Gasteiger partial charge on any atom is 0.389 e. The molecule has 0 spiro atoms. The second-order valence-corrected chi connectivity index (χ2v) is 3.68. The number of benzene rings is 1. The van der Waals surface area contributed by atoms with E-state index in [1.807, 2.05) is 0 Å². The summed E-state index contributed by atoms with van der Waals surface area (Å²) in [5, 5.41) is 0. The van der Waals surface area contributed by atoms with Gasteiger partial charge in [0.25, 0.3) is 5.92 Å². The van der Waals surface area contributed by atoms with Gasteiger partial charge in [0, 0.05) is 18.4 Å². The minimum atomic E-state index is -4.43. The first-order chi connectivity index (χ1) is 7.71. The summed E-state index contributed by atoms with van der Waals surface area (Å²) in [5.41, 5.74) is -0.471. The molecule has 1 aromatic carbocycles. The zero-order valence-corrected chi connectivity index (χ0v) is 8.70. The van der Waals surface area contributed by atoms with Crippen LogP contribution in [0.25, 0.3) is 0 Å². The summed E-state index contributed by atoms with van der Waals surface area (Å²) in [6.45, 7) is 0. The molecular formula is C11H10F6. The second kappa shape index (κ2) is 4.98. The van der Waals surface area contributed by atoms with Gasteiger partial charge in [0.2, 0.25) is 0 Å². The Morgan fingerprint density at radius 2 is 1.35 bits per heavy atom. The maximum atomic E-state index is 13.4. The van der Waals surface area contributed by atoms with Gasteiger partial charge in [-0.2, -0.15) is 13.2 Å². The summed E-state index contributed by atoms with van der Waals surface area (Å²) >= 11 is 0. The van der Waals surface area contributed by atoms with Crippen molar-refractivity contribution >= 4 is 0 Å². The molecule has 0 atom stereocenters. The van der Waals surface area contributed by atoms with Crippen LogP contribution >= 0.6 is 0 Å². The molecule has 1 aromatic rings. The van der Waals surface area contributed by atoms with Crippen molar-refractivity contribution in [1.29, 1.82) is 0 Å². The van der Waals surface area contributed by atoms with Gasteiger partial charge in [-0.1, -0.05) is 12.1 Å². The minimum Gasteiger partial charge on any atom is -0.207 e.